The van der Waals surface area contributed by atoms with E-state index in [9.17, 15) is 9.59 Å². The predicted molar refractivity (Wildman–Crippen MR) is 80.4 cm³/mol. The van der Waals surface area contributed by atoms with Gasteiger partial charge in [-0.1, -0.05) is 17.8 Å². The number of likely N-dealkylation sites (N-methyl/N-ethyl adjacent to an activating group) is 1. The lowest BCUT2D eigenvalue weighted by Crippen LogP contribution is -2.27. The molecule has 0 spiro atoms. The molecule has 2 aromatic heterocycles. The van der Waals surface area contributed by atoms with Gasteiger partial charge in [0, 0.05) is 6.54 Å². The van der Waals surface area contributed by atoms with Crippen LogP contribution in [0, 0.1) is 0 Å². The maximum atomic E-state index is 11.8. The van der Waals surface area contributed by atoms with Gasteiger partial charge in [-0.05, 0) is 18.4 Å². The van der Waals surface area contributed by atoms with Crippen LogP contribution in [-0.2, 0) is 16.1 Å². The highest BCUT2D eigenvalue weighted by atomic mass is 32.2. The number of thiophene rings is 1. The number of nitrogens with one attached hydrogen (secondary N) is 1. The van der Waals surface area contributed by atoms with Crippen LogP contribution in [0.15, 0.2) is 22.7 Å². The summed E-state index contributed by atoms with van der Waals surface area (Å²) in [5.74, 6) is -0.653. The lowest BCUT2D eigenvalue weighted by atomic mass is 10.4. The van der Waals surface area contributed by atoms with Crippen molar-refractivity contribution in [3.8, 4) is 10.7 Å². The van der Waals surface area contributed by atoms with E-state index < -0.39 is 5.97 Å². The highest BCUT2D eigenvalue weighted by Crippen LogP contribution is 2.27. The van der Waals surface area contributed by atoms with E-state index in [4.69, 9.17) is 5.11 Å². The van der Waals surface area contributed by atoms with E-state index in [1.54, 1.807) is 4.57 Å². The Balaban J connectivity index is 2.28. The molecule has 0 fully saturated rings. The maximum absolute atomic E-state index is 11.8. The van der Waals surface area contributed by atoms with Gasteiger partial charge in [0.1, 0.15) is 6.54 Å². The summed E-state index contributed by atoms with van der Waals surface area (Å²) in [5, 5.41) is 21.9. The highest BCUT2D eigenvalue weighted by molar-refractivity contribution is 7.99. The van der Waals surface area contributed by atoms with Crippen LogP contribution in [0.5, 0.6) is 0 Å². The molecule has 0 saturated carbocycles. The van der Waals surface area contributed by atoms with E-state index >= 15 is 0 Å². The molecule has 9 heteroatoms. The van der Waals surface area contributed by atoms with Crippen molar-refractivity contribution in [1.82, 2.24) is 20.1 Å². The Morgan fingerprint density at radius 3 is 2.90 bits per heavy atom. The molecule has 0 atom stereocenters. The molecule has 0 aliphatic rings. The average molecular weight is 326 g/mol. The molecule has 2 rings (SSSR count). The molecular formula is C12H14N4O3S2. The van der Waals surface area contributed by atoms with E-state index in [1.807, 2.05) is 24.4 Å². The van der Waals surface area contributed by atoms with Gasteiger partial charge in [0.15, 0.2) is 11.0 Å². The molecule has 2 N–H and O–H groups in total. The number of aliphatic carboxylic acids is 1. The predicted octanol–water partition coefficient (Wildman–Crippen LogP) is 1.32. The average Bonchev–Trinajstić information content (AvgIpc) is 3.05. The quantitative estimate of drug-likeness (QED) is 0.745. The maximum Gasteiger partial charge on any atom is 0.313 e. The molecule has 0 unspecified atom stereocenters. The number of rotatable bonds is 7. The number of carbonyl (C=O) groups excluding carboxylic acids is 1. The normalized spacial score (nSPS) is 10.5. The Kier molecular flexibility index (Phi) is 5.34. The Bertz CT molecular complexity index is 624. The molecule has 1 amide bonds. The van der Waals surface area contributed by atoms with Gasteiger partial charge in [-0.15, -0.1) is 21.5 Å². The molecule has 0 aromatic carbocycles. The summed E-state index contributed by atoms with van der Waals surface area (Å²) >= 11 is 2.54. The van der Waals surface area contributed by atoms with Crippen molar-refractivity contribution in [2.75, 3.05) is 12.3 Å². The number of nitrogens with zero attached hydrogens (tertiary/aromatic N) is 3. The second kappa shape index (κ2) is 7.23. The SMILES string of the molecule is CCNC(=O)Cn1c(SCC(=O)O)nnc1-c1cccs1. The molecule has 0 aliphatic carbocycles. The number of thioether (sulfide) groups is 1. The summed E-state index contributed by atoms with van der Waals surface area (Å²) in [7, 11) is 0. The second-order valence-corrected chi connectivity index (χ2v) is 5.90. The zero-order chi connectivity index (χ0) is 15.2. The monoisotopic (exact) mass is 326 g/mol. The summed E-state index contributed by atoms with van der Waals surface area (Å²) < 4.78 is 1.64. The number of carboxylic acid groups (broad SMARTS) is 1. The van der Waals surface area contributed by atoms with Crippen LogP contribution < -0.4 is 5.32 Å². The summed E-state index contributed by atoms with van der Waals surface area (Å²) in [5.41, 5.74) is 0. The van der Waals surface area contributed by atoms with Crippen molar-refractivity contribution in [2.24, 2.45) is 0 Å². The molecule has 0 bridgehead atoms. The van der Waals surface area contributed by atoms with Crippen LogP contribution in [0.25, 0.3) is 10.7 Å². The Hall–Kier alpha value is -1.87. The second-order valence-electron chi connectivity index (χ2n) is 4.01. The Labute approximate surface area is 129 Å². The first kappa shape index (κ1) is 15.5. The minimum Gasteiger partial charge on any atom is -0.481 e. The number of hydrogen-bond donors (Lipinski definition) is 2. The largest absolute Gasteiger partial charge is 0.481 e. The van der Waals surface area contributed by atoms with Crippen LogP contribution in [-0.4, -0.2) is 44.0 Å². The molecule has 112 valence electrons. The summed E-state index contributed by atoms with van der Waals surface area (Å²) in [6, 6.07) is 3.77. The fraction of sp³-hybridized carbons (Fsp3) is 0.333. The smallest absolute Gasteiger partial charge is 0.313 e. The number of amides is 1. The first-order valence-electron chi connectivity index (χ1n) is 6.20. The van der Waals surface area contributed by atoms with E-state index in [0.717, 1.165) is 16.6 Å². The first-order valence-corrected chi connectivity index (χ1v) is 8.06. The summed E-state index contributed by atoms with van der Waals surface area (Å²) in [4.78, 5) is 23.4. The van der Waals surface area contributed by atoms with Gasteiger partial charge in [0.05, 0.1) is 10.6 Å². The van der Waals surface area contributed by atoms with E-state index in [1.165, 1.54) is 11.3 Å². The van der Waals surface area contributed by atoms with Crippen molar-refractivity contribution < 1.29 is 14.7 Å². The number of hydrogen-bond acceptors (Lipinski definition) is 6. The minimum absolute atomic E-state index is 0.0655. The van der Waals surface area contributed by atoms with Gasteiger partial charge in [0.25, 0.3) is 0 Å². The third kappa shape index (κ3) is 4.05. The van der Waals surface area contributed by atoms with Gasteiger partial charge >= 0.3 is 5.97 Å². The highest BCUT2D eigenvalue weighted by Gasteiger charge is 2.18. The molecule has 2 heterocycles. The molecule has 0 aliphatic heterocycles. The fourth-order valence-corrected chi connectivity index (χ4v) is 3.02. The molecule has 0 saturated heterocycles. The van der Waals surface area contributed by atoms with Crippen LogP contribution in [0.3, 0.4) is 0 Å². The van der Waals surface area contributed by atoms with E-state index in [0.29, 0.717) is 17.5 Å². The number of carboxylic acids is 1. The van der Waals surface area contributed by atoms with Crippen LogP contribution in [0.2, 0.25) is 0 Å². The molecule has 21 heavy (non-hydrogen) atoms. The van der Waals surface area contributed by atoms with Gasteiger partial charge in [-0.2, -0.15) is 0 Å². The van der Waals surface area contributed by atoms with Crippen molar-refractivity contribution in [3.05, 3.63) is 17.5 Å². The molecule has 0 radical (unpaired) electrons. The summed E-state index contributed by atoms with van der Waals surface area (Å²) in [6.45, 7) is 2.44. The van der Waals surface area contributed by atoms with Gasteiger partial charge in [0.2, 0.25) is 5.91 Å². The number of carbonyl (C=O) groups is 2. The fourth-order valence-electron chi connectivity index (χ4n) is 1.65. The Morgan fingerprint density at radius 2 is 2.29 bits per heavy atom. The molecule has 7 nitrogen and oxygen atoms in total. The van der Waals surface area contributed by atoms with Crippen molar-refractivity contribution in [3.63, 3.8) is 0 Å². The van der Waals surface area contributed by atoms with E-state index in [2.05, 4.69) is 15.5 Å². The zero-order valence-electron chi connectivity index (χ0n) is 11.3. The van der Waals surface area contributed by atoms with Crippen LogP contribution in [0.4, 0.5) is 0 Å². The van der Waals surface area contributed by atoms with Gasteiger partial charge in [-0.25, -0.2) is 0 Å². The van der Waals surface area contributed by atoms with Crippen LogP contribution >= 0.6 is 23.1 Å². The standard InChI is InChI=1S/C12H14N4O3S2/c1-2-13-9(17)6-16-11(8-4-3-5-20-8)14-15-12(16)21-7-10(18)19/h3-5H,2,6-7H2,1H3,(H,13,17)(H,18,19). The van der Waals surface area contributed by atoms with Crippen molar-refractivity contribution in [1.29, 1.82) is 0 Å². The van der Waals surface area contributed by atoms with Crippen LogP contribution in [0.1, 0.15) is 6.92 Å². The topological polar surface area (TPSA) is 97.1 Å². The number of aromatic nitrogens is 3. The first-order chi connectivity index (χ1) is 10.1. The van der Waals surface area contributed by atoms with E-state index in [-0.39, 0.29) is 18.2 Å². The third-order valence-corrected chi connectivity index (χ3v) is 4.28. The van der Waals surface area contributed by atoms with Crippen molar-refractivity contribution >= 4 is 35.0 Å². The molecule has 2 aromatic rings. The lowest BCUT2D eigenvalue weighted by Gasteiger charge is -2.08. The minimum atomic E-state index is -0.940. The van der Waals surface area contributed by atoms with Crippen molar-refractivity contribution in [2.45, 2.75) is 18.6 Å². The molecular weight excluding hydrogens is 312 g/mol. The lowest BCUT2D eigenvalue weighted by molar-refractivity contribution is -0.133. The zero-order valence-corrected chi connectivity index (χ0v) is 12.9. The van der Waals surface area contributed by atoms with Gasteiger partial charge in [-0.3, -0.25) is 14.2 Å². The third-order valence-electron chi connectivity index (χ3n) is 2.46. The Morgan fingerprint density at radius 1 is 1.48 bits per heavy atom. The summed E-state index contributed by atoms with van der Waals surface area (Å²) in [6.07, 6.45) is 0. The van der Waals surface area contributed by atoms with Gasteiger partial charge < -0.3 is 10.4 Å².